The molecule has 3 rings (SSSR count). The standard InChI is InChI=1S/C19H20Cl3N3O/c1-2-24-8-10-25(11-9-24)18-16(22)4-3-5-17(18)23-19(26)14-12-13(20)6-7-15(14)21/h3-7,12H,2,8-11H2,1H3,(H,23,26). The number of hydrogen-bond donors (Lipinski definition) is 1. The highest BCUT2D eigenvalue weighted by molar-refractivity contribution is 6.37. The predicted octanol–water partition coefficient (Wildman–Crippen LogP) is 5.04. The van der Waals surface area contributed by atoms with E-state index < -0.39 is 0 Å². The zero-order valence-corrected chi connectivity index (χ0v) is 16.7. The smallest absolute Gasteiger partial charge is 0.257 e. The number of rotatable bonds is 4. The maximum atomic E-state index is 12.7. The molecule has 0 aromatic heterocycles. The van der Waals surface area contributed by atoms with E-state index in [2.05, 4.69) is 22.0 Å². The lowest BCUT2D eigenvalue weighted by molar-refractivity contribution is 0.102. The summed E-state index contributed by atoms with van der Waals surface area (Å²) in [6.07, 6.45) is 0. The predicted molar refractivity (Wildman–Crippen MR) is 110 cm³/mol. The summed E-state index contributed by atoms with van der Waals surface area (Å²) in [5.41, 5.74) is 1.85. The molecule has 0 bridgehead atoms. The first kappa shape index (κ1) is 19.3. The van der Waals surface area contributed by atoms with Crippen molar-refractivity contribution < 1.29 is 4.79 Å². The molecule has 0 aliphatic carbocycles. The van der Waals surface area contributed by atoms with E-state index in [0.717, 1.165) is 38.4 Å². The highest BCUT2D eigenvalue weighted by atomic mass is 35.5. The number of likely N-dealkylation sites (N-methyl/N-ethyl adjacent to an activating group) is 1. The van der Waals surface area contributed by atoms with E-state index in [4.69, 9.17) is 34.8 Å². The average molecular weight is 413 g/mol. The van der Waals surface area contributed by atoms with Gasteiger partial charge >= 0.3 is 0 Å². The molecular weight excluding hydrogens is 393 g/mol. The number of halogens is 3. The Morgan fingerprint density at radius 1 is 1.04 bits per heavy atom. The maximum Gasteiger partial charge on any atom is 0.257 e. The van der Waals surface area contributed by atoms with Crippen molar-refractivity contribution in [2.24, 2.45) is 0 Å². The second-order valence-electron chi connectivity index (χ2n) is 6.14. The van der Waals surface area contributed by atoms with E-state index in [1.165, 1.54) is 0 Å². The lowest BCUT2D eigenvalue weighted by atomic mass is 10.1. The second-order valence-corrected chi connectivity index (χ2v) is 7.39. The molecule has 0 saturated carbocycles. The number of para-hydroxylation sites is 1. The minimum Gasteiger partial charge on any atom is -0.366 e. The Bertz CT molecular complexity index is 805. The third-order valence-electron chi connectivity index (χ3n) is 4.54. The van der Waals surface area contributed by atoms with Gasteiger partial charge in [-0.3, -0.25) is 4.79 Å². The molecule has 7 heteroatoms. The summed E-state index contributed by atoms with van der Waals surface area (Å²) in [5.74, 6) is -0.312. The van der Waals surface area contributed by atoms with Crippen LogP contribution in [0.25, 0.3) is 0 Å². The molecule has 1 N–H and O–H groups in total. The normalized spacial score (nSPS) is 15.2. The van der Waals surface area contributed by atoms with Gasteiger partial charge < -0.3 is 15.1 Å². The van der Waals surface area contributed by atoms with Crippen LogP contribution in [-0.4, -0.2) is 43.5 Å². The van der Waals surface area contributed by atoms with E-state index >= 15 is 0 Å². The largest absolute Gasteiger partial charge is 0.366 e. The van der Waals surface area contributed by atoms with Gasteiger partial charge in [-0.25, -0.2) is 0 Å². The van der Waals surface area contributed by atoms with Crippen molar-refractivity contribution in [1.29, 1.82) is 0 Å². The molecule has 0 unspecified atom stereocenters. The van der Waals surface area contributed by atoms with Crippen LogP contribution in [0.1, 0.15) is 17.3 Å². The van der Waals surface area contributed by atoms with Crippen LogP contribution in [0, 0.1) is 0 Å². The van der Waals surface area contributed by atoms with Crippen LogP contribution >= 0.6 is 34.8 Å². The zero-order valence-electron chi connectivity index (χ0n) is 14.4. The molecule has 0 radical (unpaired) electrons. The molecule has 0 atom stereocenters. The third-order valence-corrected chi connectivity index (χ3v) is 5.41. The SMILES string of the molecule is CCN1CCN(c2c(Cl)cccc2NC(=O)c2cc(Cl)ccc2Cl)CC1. The van der Waals surface area contributed by atoms with Gasteiger partial charge in [-0.1, -0.05) is 47.8 Å². The Kier molecular flexibility index (Phi) is 6.30. The Labute approximate surface area is 168 Å². The summed E-state index contributed by atoms with van der Waals surface area (Å²) in [5, 5.41) is 4.37. The first-order valence-corrected chi connectivity index (χ1v) is 9.65. The topological polar surface area (TPSA) is 35.6 Å². The number of carbonyl (C=O) groups is 1. The third kappa shape index (κ3) is 4.26. The van der Waals surface area contributed by atoms with Gasteiger partial charge in [0.05, 0.1) is 27.0 Å². The molecule has 0 spiro atoms. The first-order chi connectivity index (χ1) is 12.5. The minimum atomic E-state index is -0.312. The van der Waals surface area contributed by atoms with Gasteiger partial charge in [0.2, 0.25) is 0 Å². The molecule has 4 nitrogen and oxygen atoms in total. The molecule has 1 aliphatic heterocycles. The molecule has 2 aromatic rings. The Hall–Kier alpha value is -1.46. The van der Waals surface area contributed by atoms with Crippen LogP contribution in [0.4, 0.5) is 11.4 Å². The monoisotopic (exact) mass is 411 g/mol. The summed E-state index contributed by atoms with van der Waals surface area (Å²) in [7, 11) is 0. The van der Waals surface area contributed by atoms with E-state index in [-0.39, 0.29) is 5.91 Å². The van der Waals surface area contributed by atoms with Crippen molar-refractivity contribution in [3.8, 4) is 0 Å². The number of nitrogens with zero attached hydrogens (tertiary/aromatic N) is 2. The van der Waals surface area contributed by atoms with Crippen LogP contribution < -0.4 is 10.2 Å². The number of hydrogen-bond acceptors (Lipinski definition) is 3. The van der Waals surface area contributed by atoms with Crippen LogP contribution in [0.3, 0.4) is 0 Å². The summed E-state index contributed by atoms with van der Waals surface area (Å²) >= 11 is 18.6. The molecule has 1 aliphatic rings. The average Bonchev–Trinajstić information content (AvgIpc) is 2.64. The number of amides is 1. The van der Waals surface area contributed by atoms with Gasteiger partial charge in [0.15, 0.2) is 0 Å². The quantitative estimate of drug-likeness (QED) is 0.764. The Balaban J connectivity index is 1.86. The first-order valence-electron chi connectivity index (χ1n) is 8.51. The molecule has 26 heavy (non-hydrogen) atoms. The van der Waals surface area contributed by atoms with Crippen molar-refractivity contribution in [3.63, 3.8) is 0 Å². The molecular formula is C19H20Cl3N3O. The maximum absolute atomic E-state index is 12.7. The number of nitrogens with one attached hydrogen (secondary N) is 1. The minimum absolute atomic E-state index is 0.312. The molecule has 1 heterocycles. The molecule has 1 fully saturated rings. The van der Waals surface area contributed by atoms with Crippen molar-refractivity contribution in [3.05, 3.63) is 57.0 Å². The fourth-order valence-corrected chi connectivity index (χ4v) is 3.76. The summed E-state index contributed by atoms with van der Waals surface area (Å²) < 4.78 is 0. The van der Waals surface area contributed by atoms with Crippen molar-refractivity contribution >= 4 is 52.1 Å². The highest BCUT2D eigenvalue weighted by Gasteiger charge is 2.22. The molecule has 2 aromatic carbocycles. The van der Waals surface area contributed by atoms with E-state index in [1.807, 2.05) is 18.2 Å². The van der Waals surface area contributed by atoms with Crippen LogP contribution in [0.5, 0.6) is 0 Å². The van der Waals surface area contributed by atoms with Crippen LogP contribution in [-0.2, 0) is 0 Å². The second kappa shape index (κ2) is 8.49. The molecule has 1 amide bonds. The van der Waals surface area contributed by atoms with Gasteiger partial charge in [0.25, 0.3) is 5.91 Å². The number of anilines is 2. The number of carbonyl (C=O) groups excluding carboxylic acids is 1. The Morgan fingerprint density at radius 3 is 2.46 bits per heavy atom. The number of piperazine rings is 1. The lowest BCUT2D eigenvalue weighted by Crippen LogP contribution is -2.46. The van der Waals surface area contributed by atoms with Gasteiger partial charge in [-0.2, -0.15) is 0 Å². The van der Waals surface area contributed by atoms with E-state index in [9.17, 15) is 4.79 Å². The van der Waals surface area contributed by atoms with Gasteiger partial charge in [-0.05, 0) is 36.9 Å². The molecule has 1 saturated heterocycles. The summed E-state index contributed by atoms with van der Waals surface area (Å²) in [4.78, 5) is 17.3. The van der Waals surface area contributed by atoms with Crippen molar-refractivity contribution in [2.45, 2.75) is 6.92 Å². The summed E-state index contributed by atoms with van der Waals surface area (Å²) in [6.45, 7) is 6.85. The van der Waals surface area contributed by atoms with E-state index in [0.29, 0.717) is 26.3 Å². The van der Waals surface area contributed by atoms with Gasteiger partial charge in [0, 0.05) is 31.2 Å². The van der Waals surface area contributed by atoms with E-state index in [1.54, 1.807) is 18.2 Å². The zero-order chi connectivity index (χ0) is 18.7. The molecule has 138 valence electrons. The fourth-order valence-electron chi connectivity index (χ4n) is 3.09. The van der Waals surface area contributed by atoms with Gasteiger partial charge in [0.1, 0.15) is 0 Å². The Morgan fingerprint density at radius 2 is 1.77 bits per heavy atom. The summed E-state index contributed by atoms with van der Waals surface area (Å²) in [6, 6.07) is 10.3. The number of benzene rings is 2. The lowest BCUT2D eigenvalue weighted by Gasteiger charge is -2.36. The van der Waals surface area contributed by atoms with Crippen LogP contribution in [0.15, 0.2) is 36.4 Å². The van der Waals surface area contributed by atoms with Gasteiger partial charge in [-0.15, -0.1) is 0 Å². The van der Waals surface area contributed by atoms with Crippen molar-refractivity contribution in [2.75, 3.05) is 42.9 Å². The van der Waals surface area contributed by atoms with Crippen LogP contribution in [0.2, 0.25) is 15.1 Å². The fraction of sp³-hybridized carbons (Fsp3) is 0.316. The van der Waals surface area contributed by atoms with Crippen molar-refractivity contribution in [1.82, 2.24) is 4.90 Å². The highest BCUT2D eigenvalue weighted by Crippen LogP contribution is 2.35.